The fourth-order valence-electron chi connectivity index (χ4n) is 2.45. The summed E-state index contributed by atoms with van der Waals surface area (Å²) < 4.78 is 0. The Kier molecular flexibility index (Phi) is 5.19. The number of nitrogens with zero attached hydrogens (tertiary/aromatic N) is 3. The highest BCUT2D eigenvalue weighted by Crippen LogP contribution is 2.13. The molecule has 3 rings (SSSR count). The van der Waals surface area contributed by atoms with Gasteiger partial charge in [-0.05, 0) is 18.6 Å². The standard InChI is InChI=1S/C16H21N5OS/c1-2-13-11-23-15(20-13)10-19-16(22)12-3-4-14(18-9-12)21-7-5-17-6-8-21/h3-4,9,11,17H,2,5-8,10H2,1H3,(H,19,22). The Hall–Kier alpha value is -1.99. The lowest BCUT2D eigenvalue weighted by Gasteiger charge is -2.28. The van der Waals surface area contributed by atoms with E-state index in [0.717, 1.165) is 49.1 Å². The maximum atomic E-state index is 12.2. The Labute approximate surface area is 140 Å². The smallest absolute Gasteiger partial charge is 0.253 e. The van der Waals surface area contributed by atoms with Crippen LogP contribution in [-0.2, 0) is 13.0 Å². The van der Waals surface area contributed by atoms with Crippen molar-refractivity contribution in [2.24, 2.45) is 0 Å². The molecule has 0 radical (unpaired) electrons. The Balaban J connectivity index is 1.56. The lowest BCUT2D eigenvalue weighted by atomic mass is 10.2. The van der Waals surface area contributed by atoms with Crippen LogP contribution in [0.1, 0.15) is 28.0 Å². The molecule has 1 aliphatic heterocycles. The van der Waals surface area contributed by atoms with E-state index in [1.165, 1.54) is 0 Å². The van der Waals surface area contributed by atoms with E-state index in [-0.39, 0.29) is 5.91 Å². The molecule has 1 fully saturated rings. The average Bonchev–Trinajstić information content (AvgIpc) is 3.09. The van der Waals surface area contributed by atoms with Gasteiger partial charge >= 0.3 is 0 Å². The molecule has 0 atom stereocenters. The number of hydrogen-bond acceptors (Lipinski definition) is 6. The predicted octanol–water partition coefficient (Wildman–Crippen LogP) is 1.44. The highest BCUT2D eigenvalue weighted by Gasteiger charge is 2.13. The number of nitrogens with one attached hydrogen (secondary N) is 2. The van der Waals surface area contributed by atoms with Crippen LogP contribution in [0.15, 0.2) is 23.7 Å². The van der Waals surface area contributed by atoms with Crippen LogP contribution in [0.25, 0.3) is 0 Å². The van der Waals surface area contributed by atoms with Crippen molar-refractivity contribution in [1.29, 1.82) is 0 Å². The minimum atomic E-state index is -0.113. The molecule has 0 aliphatic carbocycles. The minimum Gasteiger partial charge on any atom is -0.354 e. The third-order valence-electron chi connectivity index (χ3n) is 3.81. The summed E-state index contributed by atoms with van der Waals surface area (Å²) in [5.41, 5.74) is 1.65. The van der Waals surface area contributed by atoms with Gasteiger partial charge in [0.1, 0.15) is 10.8 Å². The SMILES string of the molecule is CCc1csc(CNC(=O)c2ccc(N3CCNCC3)nc2)n1. The van der Waals surface area contributed by atoms with Crippen LogP contribution in [0.2, 0.25) is 0 Å². The molecule has 0 unspecified atom stereocenters. The highest BCUT2D eigenvalue weighted by atomic mass is 32.1. The van der Waals surface area contributed by atoms with Crippen LogP contribution >= 0.6 is 11.3 Å². The molecule has 0 saturated carbocycles. The molecule has 1 aliphatic rings. The number of thiazole rings is 1. The monoisotopic (exact) mass is 331 g/mol. The van der Waals surface area contributed by atoms with E-state index >= 15 is 0 Å². The maximum absolute atomic E-state index is 12.2. The minimum absolute atomic E-state index is 0.113. The predicted molar refractivity (Wildman–Crippen MR) is 92.0 cm³/mol. The lowest BCUT2D eigenvalue weighted by Crippen LogP contribution is -2.43. The number of aryl methyl sites for hydroxylation is 1. The van der Waals surface area contributed by atoms with Crippen molar-refractivity contribution in [1.82, 2.24) is 20.6 Å². The fraction of sp³-hybridized carbons (Fsp3) is 0.438. The van der Waals surface area contributed by atoms with Crippen LogP contribution in [0.3, 0.4) is 0 Å². The van der Waals surface area contributed by atoms with Gasteiger partial charge in [0.2, 0.25) is 0 Å². The second-order valence-corrected chi connectivity index (χ2v) is 6.35. The summed E-state index contributed by atoms with van der Waals surface area (Å²) in [6.45, 7) is 6.37. The van der Waals surface area contributed by atoms with E-state index in [2.05, 4.69) is 32.4 Å². The third kappa shape index (κ3) is 4.05. The first-order valence-corrected chi connectivity index (χ1v) is 8.77. The summed E-state index contributed by atoms with van der Waals surface area (Å²) in [5.74, 6) is 0.813. The van der Waals surface area contributed by atoms with Gasteiger partial charge in [0, 0.05) is 37.8 Å². The van der Waals surface area contributed by atoms with Gasteiger partial charge in [0.15, 0.2) is 0 Å². The second kappa shape index (κ2) is 7.52. The van der Waals surface area contributed by atoms with E-state index in [9.17, 15) is 4.79 Å². The zero-order valence-corrected chi connectivity index (χ0v) is 14.0. The first kappa shape index (κ1) is 15.9. The topological polar surface area (TPSA) is 70.2 Å². The molecule has 2 aromatic heterocycles. The van der Waals surface area contributed by atoms with Crippen LogP contribution < -0.4 is 15.5 Å². The van der Waals surface area contributed by atoms with Gasteiger partial charge in [-0.15, -0.1) is 11.3 Å². The molecule has 7 heteroatoms. The van der Waals surface area contributed by atoms with Gasteiger partial charge < -0.3 is 15.5 Å². The number of pyridine rings is 1. The summed E-state index contributed by atoms with van der Waals surface area (Å²) in [6.07, 6.45) is 2.56. The average molecular weight is 331 g/mol. The molecule has 0 spiro atoms. The summed E-state index contributed by atoms with van der Waals surface area (Å²) in [5, 5.41) is 9.17. The van der Waals surface area contributed by atoms with Crippen molar-refractivity contribution in [3.05, 3.63) is 40.0 Å². The molecular formula is C16H21N5OS. The Morgan fingerprint density at radius 3 is 2.87 bits per heavy atom. The number of hydrogen-bond donors (Lipinski definition) is 2. The first-order valence-electron chi connectivity index (χ1n) is 7.89. The van der Waals surface area contributed by atoms with Gasteiger partial charge in [-0.3, -0.25) is 4.79 Å². The quantitative estimate of drug-likeness (QED) is 0.868. The molecule has 2 aromatic rings. The Morgan fingerprint density at radius 1 is 1.39 bits per heavy atom. The molecule has 6 nitrogen and oxygen atoms in total. The van der Waals surface area contributed by atoms with Crippen molar-refractivity contribution in [2.45, 2.75) is 19.9 Å². The van der Waals surface area contributed by atoms with E-state index in [4.69, 9.17) is 0 Å². The molecule has 122 valence electrons. The van der Waals surface area contributed by atoms with E-state index in [0.29, 0.717) is 12.1 Å². The van der Waals surface area contributed by atoms with Crippen molar-refractivity contribution in [3.63, 3.8) is 0 Å². The fourth-order valence-corrected chi connectivity index (χ4v) is 3.27. The van der Waals surface area contributed by atoms with Gasteiger partial charge in [-0.1, -0.05) is 6.92 Å². The van der Waals surface area contributed by atoms with Crippen molar-refractivity contribution >= 4 is 23.1 Å². The van der Waals surface area contributed by atoms with Gasteiger partial charge in [-0.25, -0.2) is 9.97 Å². The first-order chi connectivity index (χ1) is 11.3. The van der Waals surface area contributed by atoms with Gasteiger partial charge in [0.05, 0.1) is 17.8 Å². The lowest BCUT2D eigenvalue weighted by molar-refractivity contribution is 0.0950. The molecule has 1 saturated heterocycles. The number of anilines is 1. The van der Waals surface area contributed by atoms with Crippen molar-refractivity contribution in [3.8, 4) is 0 Å². The molecule has 0 aromatic carbocycles. The molecule has 3 heterocycles. The van der Waals surface area contributed by atoms with Crippen molar-refractivity contribution < 1.29 is 4.79 Å². The summed E-state index contributed by atoms with van der Waals surface area (Å²) >= 11 is 1.58. The number of carbonyl (C=O) groups is 1. The van der Waals surface area contributed by atoms with E-state index < -0.39 is 0 Å². The molecular weight excluding hydrogens is 310 g/mol. The zero-order valence-electron chi connectivity index (χ0n) is 13.2. The van der Waals surface area contributed by atoms with Gasteiger partial charge in [-0.2, -0.15) is 0 Å². The van der Waals surface area contributed by atoms with E-state index in [1.54, 1.807) is 17.5 Å². The number of carbonyl (C=O) groups excluding carboxylic acids is 1. The van der Waals surface area contributed by atoms with Crippen LogP contribution in [0, 0.1) is 0 Å². The summed E-state index contributed by atoms with van der Waals surface area (Å²) in [7, 11) is 0. The molecule has 0 bridgehead atoms. The molecule has 1 amide bonds. The number of aromatic nitrogens is 2. The van der Waals surface area contributed by atoms with Crippen LogP contribution in [0.5, 0.6) is 0 Å². The van der Waals surface area contributed by atoms with E-state index in [1.807, 2.05) is 17.5 Å². The summed E-state index contributed by atoms with van der Waals surface area (Å²) in [6, 6.07) is 3.75. The largest absolute Gasteiger partial charge is 0.354 e. The second-order valence-electron chi connectivity index (χ2n) is 5.41. The Morgan fingerprint density at radius 2 is 2.22 bits per heavy atom. The number of piperazine rings is 1. The summed E-state index contributed by atoms with van der Waals surface area (Å²) in [4.78, 5) is 23.3. The normalized spacial score (nSPS) is 14.7. The zero-order chi connectivity index (χ0) is 16.1. The molecule has 2 N–H and O–H groups in total. The molecule has 23 heavy (non-hydrogen) atoms. The van der Waals surface area contributed by atoms with Crippen LogP contribution in [-0.4, -0.2) is 42.1 Å². The maximum Gasteiger partial charge on any atom is 0.253 e. The number of rotatable bonds is 5. The van der Waals surface area contributed by atoms with Crippen LogP contribution in [0.4, 0.5) is 5.82 Å². The number of amides is 1. The third-order valence-corrected chi connectivity index (χ3v) is 4.71. The van der Waals surface area contributed by atoms with Crippen molar-refractivity contribution in [2.75, 3.05) is 31.1 Å². The Bertz CT molecular complexity index is 649. The van der Waals surface area contributed by atoms with Gasteiger partial charge in [0.25, 0.3) is 5.91 Å². The highest BCUT2D eigenvalue weighted by molar-refractivity contribution is 7.09.